The van der Waals surface area contributed by atoms with E-state index in [1.165, 1.54) is 4.90 Å². The van der Waals surface area contributed by atoms with E-state index >= 15 is 0 Å². The number of nitrogens with zero attached hydrogens (tertiary/aromatic N) is 1. The van der Waals surface area contributed by atoms with E-state index in [0.29, 0.717) is 5.56 Å². The molecular weight excluding hydrogens is 218 g/mol. The molecule has 3 rings (SSSR count). The average molecular weight is 231 g/mol. The van der Waals surface area contributed by atoms with Gasteiger partial charge in [0.2, 0.25) is 0 Å². The van der Waals surface area contributed by atoms with Crippen molar-refractivity contribution in [2.24, 2.45) is 0 Å². The summed E-state index contributed by atoms with van der Waals surface area (Å²) < 4.78 is 5.52. The number of rotatable bonds is 1. The molecule has 0 N–H and O–H groups in total. The molecule has 1 aromatic carbocycles. The Morgan fingerprint density at radius 3 is 2.71 bits per heavy atom. The lowest BCUT2D eigenvalue weighted by molar-refractivity contribution is -0.128. The zero-order valence-electron chi connectivity index (χ0n) is 9.33. The first-order chi connectivity index (χ1) is 8.27. The van der Waals surface area contributed by atoms with Crippen LogP contribution in [0.25, 0.3) is 0 Å². The lowest BCUT2D eigenvalue weighted by atomic mass is 10.1. The van der Waals surface area contributed by atoms with Gasteiger partial charge in [0.1, 0.15) is 12.3 Å². The van der Waals surface area contributed by atoms with Crippen molar-refractivity contribution in [3.63, 3.8) is 0 Å². The quantitative estimate of drug-likeness (QED) is 0.689. The first-order valence-corrected chi connectivity index (χ1v) is 5.85. The van der Waals surface area contributed by atoms with Gasteiger partial charge in [-0.2, -0.15) is 0 Å². The molecule has 0 aromatic heterocycles. The summed E-state index contributed by atoms with van der Waals surface area (Å²) in [6.07, 6.45) is 1.67. The first kappa shape index (κ1) is 10.5. The van der Waals surface area contributed by atoms with Gasteiger partial charge in [0.25, 0.3) is 11.8 Å². The molecule has 0 saturated carbocycles. The largest absolute Gasteiger partial charge is 0.345 e. The number of ether oxygens (including phenoxy) is 1. The highest BCUT2D eigenvalue weighted by Crippen LogP contribution is 2.31. The fraction of sp³-hybridized carbons (Fsp3) is 0.385. The summed E-state index contributed by atoms with van der Waals surface area (Å²) in [6, 6.07) is 8.87. The Morgan fingerprint density at radius 2 is 2.00 bits per heavy atom. The van der Waals surface area contributed by atoms with Gasteiger partial charge >= 0.3 is 0 Å². The summed E-state index contributed by atoms with van der Waals surface area (Å²) in [6.45, 7) is 0. The third kappa shape index (κ3) is 1.65. The van der Waals surface area contributed by atoms with Crippen LogP contribution in [-0.4, -0.2) is 29.0 Å². The number of hydrogen-bond acceptors (Lipinski definition) is 3. The third-order valence-electron chi connectivity index (χ3n) is 3.28. The van der Waals surface area contributed by atoms with Crippen LogP contribution in [0.1, 0.15) is 29.6 Å². The predicted molar refractivity (Wildman–Crippen MR) is 60.1 cm³/mol. The Hall–Kier alpha value is -1.68. The zero-order valence-corrected chi connectivity index (χ0v) is 9.33. The second kappa shape index (κ2) is 3.96. The summed E-state index contributed by atoms with van der Waals surface area (Å²) in [5.74, 6) is -0.425. The van der Waals surface area contributed by atoms with Crippen LogP contribution in [0.4, 0.5) is 0 Å². The van der Waals surface area contributed by atoms with E-state index in [0.717, 1.165) is 19.3 Å². The van der Waals surface area contributed by atoms with E-state index in [1.807, 2.05) is 6.07 Å². The van der Waals surface area contributed by atoms with E-state index in [-0.39, 0.29) is 18.0 Å². The van der Waals surface area contributed by atoms with Gasteiger partial charge in [0.15, 0.2) is 0 Å². The number of carbonyl (C=O) groups is 2. The van der Waals surface area contributed by atoms with Gasteiger partial charge in [0.05, 0.1) is 0 Å². The fourth-order valence-electron chi connectivity index (χ4n) is 2.42. The Morgan fingerprint density at radius 1 is 1.24 bits per heavy atom. The maximum Gasteiger partial charge on any atom is 0.262 e. The SMILES string of the molecule is O=C(c1ccccc1)N1C(=O)C2CCCC1O2. The molecule has 2 aliphatic heterocycles. The van der Waals surface area contributed by atoms with E-state index in [9.17, 15) is 9.59 Å². The van der Waals surface area contributed by atoms with Crippen LogP contribution >= 0.6 is 0 Å². The molecule has 2 bridgehead atoms. The number of benzene rings is 1. The van der Waals surface area contributed by atoms with Crippen molar-refractivity contribution >= 4 is 11.8 Å². The molecule has 2 fully saturated rings. The summed E-state index contributed by atoms with van der Waals surface area (Å²) in [4.78, 5) is 25.5. The van der Waals surface area contributed by atoms with Crippen LogP contribution < -0.4 is 0 Å². The van der Waals surface area contributed by atoms with Crippen molar-refractivity contribution in [3.8, 4) is 0 Å². The molecule has 1 aromatic rings. The summed E-state index contributed by atoms with van der Waals surface area (Å²) in [5.41, 5.74) is 0.539. The standard InChI is InChI=1S/C13H13NO3/c15-12(9-5-2-1-3-6-9)14-11-8-4-7-10(17-11)13(14)16/h1-3,5-6,10-11H,4,7-8H2. The van der Waals surface area contributed by atoms with Crippen LogP contribution in [0.2, 0.25) is 0 Å². The fourth-order valence-corrected chi connectivity index (χ4v) is 2.42. The highest BCUT2D eigenvalue weighted by atomic mass is 16.5. The second-order valence-electron chi connectivity index (χ2n) is 4.39. The molecular formula is C13H13NO3. The number of hydrogen-bond donors (Lipinski definition) is 0. The minimum atomic E-state index is -0.401. The lowest BCUT2D eigenvalue weighted by Gasteiger charge is -2.22. The highest BCUT2D eigenvalue weighted by molar-refractivity contribution is 6.07. The van der Waals surface area contributed by atoms with Crippen LogP contribution in [0.3, 0.4) is 0 Å². The van der Waals surface area contributed by atoms with E-state index < -0.39 is 6.10 Å². The Labute approximate surface area is 99.2 Å². The average Bonchev–Trinajstić information content (AvgIpc) is 2.60. The molecule has 88 valence electrons. The van der Waals surface area contributed by atoms with Gasteiger partial charge in [-0.3, -0.25) is 9.59 Å². The minimum Gasteiger partial charge on any atom is -0.345 e. The Balaban J connectivity index is 1.90. The molecule has 17 heavy (non-hydrogen) atoms. The van der Waals surface area contributed by atoms with Crippen molar-refractivity contribution in [1.82, 2.24) is 4.90 Å². The van der Waals surface area contributed by atoms with Crippen molar-refractivity contribution in [3.05, 3.63) is 35.9 Å². The maximum atomic E-state index is 12.2. The number of carbonyl (C=O) groups excluding carboxylic acids is 2. The van der Waals surface area contributed by atoms with Crippen molar-refractivity contribution < 1.29 is 14.3 Å². The predicted octanol–water partition coefficient (Wildman–Crippen LogP) is 1.56. The molecule has 0 radical (unpaired) electrons. The first-order valence-electron chi connectivity index (χ1n) is 5.85. The minimum absolute atomic E-state index is 0.179. The van der Waals surface area contributed by atoms with Gasteiger partial charge in [-0.1, -0.05) is 18.2 Å². The van der Waals surface area contributed by atoms with E-state index in [1.54, 1.807) is 24.3 Å². The van der Waals surface area contributed by atoms with Gasteiger partial charge in [-0.25, -0.2) is 4.90 Å². The molecule has 0 spiro atoms. The number of imide groups is 1. The second-order valence-corrected chi connectivity index (χ2v) is 4.39. The van der Waals surface area contributed by atoms with Gasteiger partial charge in [-0.05, 0) is 31.4 Å². The van der Waals surface area contributed by atoms with E-state index in [2.05, 4.69) is 0 Å². The normalized spacial score (nSPS) is 27.3. The molecule has 2 saturated heterocycles. The molecule has 2 unspecified atom stereocenters. The maximum absolute atomic E-state index is 12.2. The molecule has 4 nitrogen and oxygen atoms in total. The number of likely N-dealkylation sites (tertiary alicyclic amines) is 1. The molecule has 2 heterocycles. The van der Waals surface area contributed by atoms with Crippen molar-refractivity contribution in [2.75, 3.05) is 0 Å². The van der Waals surface area contributed by atoms with Gasteiger partial charge in [0, 0.05) is 5.56 Å². The third-order valence-corrected chi connectivity index (χ3v) is 3.28. The topological polar surface area (TPSA) is 46.6 Å². The van der Waals surface area contributed by atoms with Gasteiger partial charge in [-0.15, -0.1) is 0 Å². The summed E-state index contributed by atoms with van der Waals surface area (Å²) in [7, 11) is 0. The van der Waals surface area contributed by atoms with E-state index in [4.69, 9.17) is 4.74 Å². The zero-order chi connectivity index (χ0) is 11.8. The molecule has 0 aliphatic carbocycles. The molecule has 2 atom stereocenters. The molecule has 4 heteroatoms. The summed E-state index contributed by atoms with van der Waals surface area (Å²) >= 11 is 0. The lowest BCUT2D eigenvalue weighted by Crippen LogP contribution is -2.39. The van der Waals surface area contributed by atoms with Crippen LogP contribution in [-0.2, 0) is 9.53 Å². The summed E-state index contributed by atoms with van der Waals surface area (Å²) in [5, 5.41) is 0. The molecule has 2 amide bonds. The monoisotopic (exact) mass is 231 g/mol. The Kier molecular flexibility index (Phi) is 2.44. The van der Waals surface area contributed by atoms with Crippen molar-refractivity contribution in [1.29, 1.82) is 0 Å². The molecule has 2 aliphatic rings. The van der Waals surface area contributed by atoms with Gasteiger partial charge < -0.3 is 4.74 Å². The van der Waals surface area contributed by atoms with Crippen LogP contribution in [0, 0.1) is 0 Å². The number of fused-ring (bicyclic) bond motifs is 2. The smallest absolute Gasteiger partial charge is 0.262 e. The highest BCUT2D eigenvalue weighted by Gasteiger charge is 2.46. The van der Waals surface area contributed by atoms with Crippen LogP contribution in [0.15, 0.2) is 30.3 Å². The van der Waals surface area contributed by atoms with Crippen LogP contribution in [0.5, 0.6) is 0 Å². The Bertz CT molecular complexity index is 457. The van der Waals surface area contributed by atoms with Crippen molar-refractivity contribution in [2.45, 2.75) is 31.6 Å². The number of amides is 2.